The maximum atomic E-state index is 5.06. The molecular weight excluding hydrogens is 150 g/mol. The van der Waals surface area contributed by atoms with Crippen molar-refractivity contribution in [2.45, 2.75) is 39.7 Å². The van der Waals surface area contributed by atoms with Crippen molar-refractivity contribution in [2.24, 2.45) is 5.92 Å². The lowest BCUT2D eigenvalue weighted by atomic mass is 10.1. The molecule has 0 heterocycles. The van der Waals surface area contributed by atoms with Gasteiger partial charge in [0.25, 0.3) is 0 Å². The predicted molar refractivity (Wildman–Crippen MR) is 53.4 cm³/mol. The highest BCUT2D eigenvalue weighted by Crippen LogP contribution is 2.00. The first-order chi connectivity index (χ1) is 5.70. The van der Waals surface area contributed by atoms with Crippen LogP contribution in [0.25, 0.3) is 0 Å². The van der Waals surface area contributed by atoms with Gasteiger partial charge in [-0.3, -0.25) is 0 Å². The second-order valence-electron chi connectivity index (χ2n) is 3.61. The third-order valence-electron chi connectivity index (χ3n) is 2.19. The Balaban J connectivity index is 3.18. The zero-order valence-corrected chi connectivity index (χ0v) is 8.89. The molecule has 2 unspecified atom stereocenters. The van der Waals surface area contributed by atoms with E-state index in [0.717, 1.165) is 13.2 Å². The van der Waals surface area contributed by atoms with E-state index in [1.54, 1.807) is 7.11 Å². The Labute approximate surface area is 76.7 Å². The summed E-state index contributed by atoms with van der Waals surface area (Å²) in [4.78, 5) is 0. The fourth-order valence-corrected chi connectivity index (χ4v) is 1.09. The Bertz CT molecular complexity index is 95.8. The number of rotatable bonds is 7. The number of hydrogen-bond acceptors (Lipinski definition) is 2. The van der Waals surface area contributed by atoms with Gasteiger partial charge in [-0.15, -0.1) is 0 Å². The molecule has 0 aromatic heterocycles. The second kappa shape index (κ2) is 7.56. The summed E-state index contributed by atoms with van der Waals surface area (Å²) in [6.07, 6.45) is 2.41. The highest BCUT2D eigenvalue weighted by Gasteiger charge is 2.01. The van der Waals surface area contributed by atoms with E-state index in [1.165, 1.54) is 12.8 Å². The average Bonchev–Trinajstić information content (AvgIpc) is 2.04. The molecule has 12 heavy (non-hydrogen) atoms. The van der Waals surface area contributed by atoms with Gasteiger partial charge in [-0.1, -0.05) is 13.8 Å². The maximum Gasteiger partial charge on any atom is 0.0488 e. The van der Waals surface area contributed by atoms with E-state index in [9.17, 15) is 0 Å². The van der Waals surface area contributed by atoms with E-state index in [1.807, 2.05) is 0 Å². The van der Waals surface area contributed by atoms with Gasteiger partial charge < -0.3 is 10.1 Å². The van der Waals surface area contributed by atoms with Crippen molar-refractivity contribution >= 4 is 0 Å². The number of nitrogens with one attached hydrogen (secondary N) is 1. The Kier molecular flexibility index (Phi) is 7.51. The van der Waals surface area contributed by atoms with Gasteiger partial charge in [-0.25, -0.2) is 0 Å². The summed E-state index contributed by atoms with van der Waals surface area (Å²) in [5.41, 5.74) is 0. The van der Waals surface area contributed by atoms with Gasteiger partial charge >= 0.3 is 0 Å². The third-order valence-corrected chi connectivity index (χ3v) is 2.19. The van der Waals surface area contributed by atoms with E-state index in [2.05, 4.69) is 26.1 Å². The van der Waals surface area contributed by atoms with Crippen LogP contribution in [-0.2, 0) is 4.74 Å². The lowest BCUT2D eigenvalue weighted by molar-refractivity contribution is 0.155. The molecule has 0 rings (SSSR count). The monoisotopic (exact) mass is 173 g/mol. The molecule has 0 aromatic carbocycles. The van der Waals surface area contributed by atoms with Crippen LogP contribution >= 0.6 is 0 Å². The zero-order valence-electron chi connectivity index (χ0n) is 8.89. The molecule has 2 heteroatoms. The van der Waals surface area contributed by atoms with Gasteiger partial charge in [0.05, 0.1) is 0 Å². The van der Waals surface area contributed by atoms with Crippen molar-refractivity contribution in [3.63, 3.8) is 0 Å². The van der Waals surface area contributed by atoms with Crippen LogP contribution in [0.4, 0.5) is 0 Å². The Hall–Kier alpha value is -0.0800. The molecule has 0 aliphatic rings. The van der Waals surface area contributed by atoms with Crippen LogP contribution in [0.5, 0.6) is 0 Å². The minimum absolute atomic E-state index is 0.653. The average molecular weight is 173 g/mol. The molecule has 0 bridgehead atoms. The molecular formula is C10H23NO. The van der Waals surface area contributed by atoms with Crippen LogP contribution < -0.4 is 5.32 Å². The topological polar surface area (TPSA) is 21.3 Å². The quantitative estimate of drug-likeness (QED) is 0.636. The van der Waals surface area contributed by atoms with E-state index in [4.69, 9.17) is 4.74 Å². The predicted octanol–water partition coefficient (Wildman–Crippen LogP) is 2.05. The molecule has 0 fully saturated rings. The van der Waals surface area contributed by atoms with Crippen LogP contribution in [0.1, 0.15) is 33.6 Å². The molecule has 74 valence electrons. The smallest absolute Gasteiger partial charge is 0.0488 e. The summed E-state index contributed by atoms with van der Waals surface area (Å²) in [6, 6.07) is 0.653. The van der Waals surface area contributed by atoms with Gasteiger partial charge in [-0.2, -0.15) is 0 Å². The highest BCUT2D eigenvalue weighted by molar-refractivity contribution is 4.59. The molecule has 0 radical (unpaired) electrons. The summed E-state index contributed by atoms with van der Waals surface area (Å²) in [5, 5.41) is 3.47. The summed E-state index contributed by atoms with van der Waals surface area (Å²) >= 11 is 0. The highest BCUT2D eigenvalue weighted by atomic mass is 16.5. The summed E-state index contributed by atoms with van der Waals surface area (Å²) in [5.74, 6) is 0.673. The van der Waals surface area contributed by atoms with Crippen molar-refractivity contribution in [3.05, 3.63) is 0 Å². The van der Waals surface area contributed by atoms with Gasteiger partial charge in [-0.05, 0) is 32.2 Å². The summed E-state index contributed by atoms with van der Waals surface area (Å²) in [7, 11) is 1.76. The fraction of sp³-hybridized carbons (Fsp3) is 1.00. The molecule has 2 nitrogen and oxygen atoms in total. The maximum absolute atomic E-state index is 5.06. The third kappa shape index (κ3) is 6.62. The lowest BCUT2D eigenvalue weighted by Crippen LogP contribution is -2.27. The van der Waals surface area contributed by atoms with E-state index in [-0.39, 0.29) is 0 Å². The molecule has 0 saturated heterocycles. The van der Waals surface area contributed by atoms with Gasteiger partial charge in [0.15, 0.2) is 0 Å². The first-order valence-electron chi connectivity index (χ1n) is 4.93. The number of methoxy groups -OCH3 is 1. The van der Waals surface area contributed by atoms with Gasteiger partial charge in [0.1, 0.15) is 0 Å². The summed E-state index contributed by atoms with van der Waals surface area (Å²) in [6.45, 7) is 8.64. The Morgan fingerprint density at radius 1 is 1.33 bits per heavy atom. The van der Waals surface area contributed by atoms with Crippen LogP contribution in [-0.4, -0.2) is 26.3 Å². The largest absolute Gasteiger partial charge is 0.384 e. The summed E-state index contributed by atoms with van der Waals surface area (Å²) < 4.78 is 5.06. The van der Waals surface area contributed by atoms with Crippen LogP contribution in [0.3, 0.4) is 0 Å². The van der Waals surface area contributed by atoms with Crippen LogP contribution in [0.15, 0.2) is 0 Å². The standard InChI is InChI=1S/C10H23NO/c1-5-10(3)11-7-6-9(2)8-12-4/h9-11H,5-8H2,1-4H3. The molecule has 0 spiro atoms. The second-order valence-corrected chi connectivity index (χ2v) is 3.61. The molecule has 2 atom stereocenters. The molecule has 0 aromatic rings. The lowest BCUT2D eigenvalue weighted by Gasteiger charge is -2.14. The molecule has 0 aliphatic carbocycles. The molecule has 1 N–H and O–H groups in total. The minimum Gasteiger partial charge on any atom is -0.384 e. The number of ether oxygens (including phenoxy) is 1. The van der Waals surface area contributed by atoms with Crippen LogP contribution in [0.2, 0.25) is 0 Å². The van der Waals surface area contributed by atoms with E-state index < -0.39 is 0 Å². The van der Waals surface area contributed by atoms with Crippen LogP contribution in [0, 0.1) is 5.92 Å². The van der Waals surface area contributed by atoms with Crippen molar-refractivity contribution in [1.82, 2.24) is 5.32 Å². The zero-order chi connectivity index (χ0) is 9.40. The molecule has 0 aliphatic heterocycles. The Morgan fingerprint density at radius 3 is 2.50 bits per heavy atom. The first-order valence-corrected chi connectivity index (χ1v) is 4.93. The van der Waals surface area contributed by atoms with Gasteiger partial charge in [0, 0.05) is 19.8 Å². The van der Waals surface area contributed by atoms with E-state index in [0.29, 0.717) is 12.0 Å². The first kappa shape index (κ1) is 11.9. The molecule has 0 saturated carbocycles. The molecule has 0 amide bonds. The van der Waals surface area contributed by atoms with Crippen molar-refractivity contribution in [1.29, 1.82) is 0 Å². The van der Waals surface area contributed by atoms with Crippen molar-refractivity contribution in [3.8, 4) is 0 Å². The van der Waals surface area contributed by atoms with Crippen molar-refractivity contribution in [2.75, 3.05) is 20.3 Å². The SMILES string of the molecule is CCC(C)NCCC(C)COC. The van der Waals surface area contributed by atoms with E-state index >= 15 is 0 Å². The minimum atomic E-state index is 0.653. The Morgan fingerprint density at radius 2 is 2.00 bits per heavy atom. The fourth-order valence-electron chi connectivity index (χ4n) is 1.09. The van der Waals surface area contributed by atoms with Crippen molar-refractivity contribution < 1.29 is 4.74 Å². The normalized spacial score (nSPS) is 16.0. The van der Waals surface area contributed by atoms with Gasteiger partial charge in [0.2, 0.25) is 0 Å². The number of hydrogen-bond donors (Lipinski definition) is 1.